The minimum absolute atomic E-state index is 0.0831. The molecule has 5 nitrogen and oxygen atoms in total. The smallest absolute Gasteiger partial charge is 0.387 e. The molecule has 1 saturated heterocycles. The molecule has 1 aliphatic rings. The molecule has 1 aliphatic heterocycles. The number of rotatable bonds is 5. The van der Waals surface area contributed by atoms with Gasteiger partial charge >= 0.3 is 6.61 Å². The van der Waals surface area contributed by atoms with Crippen molar-refractivity contribution in [1.82, 2.24) is 14.9 Å². The molecule has 0 radical (unpaired) electrons. The van der Waals surface area contributed by atoms with E-state index in [9.17, 15) is 8.78 Å². The molecule has 0 saturated carbocycles. The van der Waals surface area contributed by atoms with Crippen LogP contribution < -0.4 is 9.64 Å². The normalized spacial score (nSPS) is 17.5. The van der Waals surface area contributed by atoms with Crippen LogP contribution in [-0.2, 0) is 0 Å². The third-order valence-electron chi connectivity index (χ3n) is 3.94. The molecule has 1 atom stereocenters. The summed E-state index contributed by atoms with van der Waals surface area (Å²) in [6, 6.07) is 3.56. The van der Waals surface area contributed by atoms with Crippen LogP contribution >= 0.6 is 11.3 Å². The Morgan fingerprint density at radius 1 is 1.17 bits per heavy atom. The van der Waals surface area contributed by atoms with E-state index >= 15 is 0 Å². The van der Waals surface area contributed by atoms with Gasteiger partial charge in [-0.2, -0.15) is 8.78 Å². The molecule has 2 aromatic heterocycles. The van der Waals surface area contributed by atoms with Crippen molar-refractivity contribution < 1.29 is 13.5 Å². The molecule has 0 spiro atoms. The van der Waals surface area contributed by atoms with E-state index in [1.54, 1.807) is 17.4 Å². The second kappa shape index (κ2) is 7.18. The summed E-state index contributed by atoms with van der Waals surface area (Å²) in [7, 11) is 0. The highest BCUT2D eigenvalue weighted by Gasteiger charge is 2.24. The number of ether oxygens (including phenoxy) is 1. The van der Waals surface area contributed by atoms with E-state index in [0.717, 1.165) is 37.0 Å². The number of piperazine rings is 1. The highest BCUT2D eigenvalue weighted by Crippen LogP contribution is 2.25. The van der Waals surface area contributed by atoms with Gasteiger partial charge < -0.3 is 9.64 Å². The Morgan fingerprint density at radius 2 is 1.96 bits per heavy atom. The Labute approximate surface area is 137 Å². The van der Waals surface area contributed by atoms with Crippen LogP contribution in [0.5, 0.6) is 5.75 Å². The first-order valence-corrected chi connectivity index (χ1v) is 8.30. The van der Waals surface area contributed by atoms with Crippen LogP contribution in [0.4, 0.5) is 14.6 Å². The summed E-state index contributed by atoms with van der Waals surface area (Å²) in [4.78, 5) is 13.1. The Bertz CT molecular complexity index is 600. The Kier molecular flexibility index (Phi) is 5.02. The molecule has 0 bridgehead atoms. The molecule has 1 fully saturated rings. The van der Waals surface area contributed by atoms with E-state index in [-0.39, 0.29) is 5.75 Å². The average molecular weight is 340 g/mol. The highest BCUT2D eigenvalue weighted by atomic mass is 32.1. The maximum absolute atomic E-state index is 12.1. The average Bonchev–Trinajstić information content (AvgIpc) is 3.09. The minimum Gasteiger partial charge on any atom is -0.433 e. The predicted octanol–water partition coefficient (Wildman–Crippen LogP) is 3.02. The van der Waals surface area contributed by atoms with Gasteiger partial charge in [0.05, 0.1) is 12.2 Å². The zero-order chi connectivity index (χ0) is 16.2. The molecule has 0 N–H and O–H groups in total. The molecule has 8 heteroatoms. The minimum atomic E-state index is -2.82. The van der Waals surface area contributed by atoms with Gasteiger partial charge in [0.1, 0.15) is 16.6 Å². The number of thiazole rings is 1. The number of halogens is 2. The molecule has 0 amide bonds. The summed E-state index contributed by atoms with van der Waals surface area (Å²) in [6.07, 6.45) is 3.17. The molecular weight excluding hydrogens is 322 g/mol. The van der Waals surface area contributed by atoms with Crippen molar-refractivity contribution >= 4 is 17.2 Å². The number of alkyl halides is 2. The first-order valence-electron chi connectivity index (χ1n) is 7.43. The van der Waals surface area contributed by atoms with Crippen LogP contribution in [0.2, 0.25) is 0 Å². The van der Waals surface area contributed by atoms with Gasteiger partial charge in [0.2, 0.25) is 0 Å². The van der Waals surface area contributed by atoms with E-state index in [2.05, 4.69) is 31.4 Å². The van der Waals surface area contributed by atoms with Crippen LogP contribution in [-0.4, -0.2) is 47.7 Å². The lowest BCUT2D eigenvalue weighted by atomic mass is 10.2. The summed E-state index contributed by atoms with van der Waals surface area (Å²) >= 11 is 1.67. The quantitative estimate of drug-likeness (QED) is 0.837. The maximum atomic E-state index is 12.1. The number of anilines is 1. The fraction of sp³-hybridized carbons (Fsp3) is 0.467. The molecular formula is C15H18F2N4OS. The van der Waals surface area contributed by atoms with Gasteiger partial charge in [-0.15, -0.1) is 11.3 Å². The van der Waals surface area contributed by atoms with E-state index in [4.69, 9.17) is 0 Å². The number of nitrogens with zero attached hydrogens (tertiary/aromatic N) is 4. The summed E-state index contributed by atoms with van der Waals surface area (Å²) in [5, 5.41) is 3.12. The van der Waals surface area contributed by atoms with Crippen LogP contribution in [0.25, 0.3) is 0 Å². The molecule has 23 heavy (non-hydrogen) atoms. The zero-order valence-corrected chi connectivity index (χ0v) is 13.5. The lowest BCUT2D eigenvalue weighted by molar-refractivity contribution is -0.0500. The maximum Gasteiger partial charge on any atom is 0.387 e. The van der Waals surface area contributed by atoms with Crippen LogP contribution in [0, 0.1) is 0 Å². The van der Waals surface area contributed by atoms with Crippen molar-refractivity contribution in [2.24, 2.45) is 0 Å². The van der Waals surface area contributed by atoms with Crippen molar-refractivity contribution in [2.75, 3.05) is 31.1 Å². The SMILES string of the molecule is CC(c1nccs1)N1CCN(c2ccc(OC(F)F)cn2)CC1. The lowest BCUT2D eigenvalue weighted by Gasteiger charge is -2.37. The van der Waals surface area contributed by atoms with Gasteiger partial charge in [0.15, 0.2) is 0 Å². The number of pyridine rings is 1. The first-order chi connectivity index (χ1) is 11.1. The second-order valence-electron chi connectivity index (χ2n) is 5.30. The van der Waals surface area contributed by atoms with E-state index in [1.165, 1.54) is 12.3 Å². The van der Waals surface area contributed by atoms with Crippen LogP contribution in [0.1, 0.15) is 18.0 Å². The fourth-order valence-corrected chi connectivity index (χ4v) is 3.40. The topological polar surface area (TPSA) is 41.5 Å². The molecule has 3 heterocycles. The Morgan fingerprint density at radius 3 is 2.52 bits per heavy atom. The van der Waals surface area contributed by atoms with Crippen molar-refractivity contribution in [3.63, 3.8) is 0 Å². The third kappa shape index (κ3) is 3.94. The highest BCUT2D eigenvalue weighted by molar-refractivity contribution is 7.09. The third-order valence-corrected chi connectivity index (χ3v) is 4.89. The molecule has 124 valence electrons. The molecule has 0 aliphatic carbocycles. The standard InChI is InChI=1S/C15H18F2N4OS/c1-11(14-18-4-9-23-14)20-5-7-21(8-6-20)13-3-2-12(10-19-13)22-15(16)17/h2-4,9-11,15H,5-8H2,1H3. The number of hydrogen-bond acceptors (Lipinski definition) is 6. The van der Waals surface area contributed by atoms with Crippen molar-refractivity contribution in [3.05, 3.63) is 34.9 Å². The van der Waals surface area contributed by atoms with E-state index < -0.39 is 6.61 Å². The Hall–Kier alpha value is -1.80. The summed E-state index contributed by atoms with van der Waals surface area (Å²) in [5.41, 5.74) is 0. The van der Waals surface area contributed by atoms with Gasteiger partial charge in [0.25, 0.3) is 0 Å². The van der Waals surface area contributed by atoms with Crippen molar-refractivity contribution in [1.29, 1.82) is 0 Å². The zero-order valence-electron chi connectivity index (χ0n) is 12.7. The van der Waals surface area contributed by atoms with Crippen molar-refractivity contribution in [3.8, 4) is 5.75 Å². The van der Waals surface area contributed by atoms with Gasteiger partial charge in [-0.05, 0) is 19.1 Å². The summed E-state index contributed by atoms with van der Waals surface area (Å²) < 4.78 is 28.6. The van der Waals surface area contributed by atoms with E-state index in [0.29, 0.717) is 6.04 Å². The molecule has 0 aromatic carbocycles. The van der Waals surface area contributed by atoms with E-state index in [1.807, 2.05) is 11.6 Å². The summed E-state index contributed by atoms with van der Waals surface area (Å²) in [5.74, 6) is 0.868. The largest absolute Gasteiger partial charge is 0.433 e. The molecule has 2 aromatic rings. The molecule has 3 rings (SSSR count). The van der Waals surface area contributed by atoms with Gasteiger partial charge in [0, 0.05) is 37.8 Å². The molecule has 1 unspecified atom stereocenters. The van der Waals surface area contributed by atoms with Crippen LogP contribution in [0.15, 0.2) is 29.9 Å². The van der Waals surface area contributed by atoms with Gasteiger partial charge in [-0.3, -0.25) is 4.90 Å². The number of aromatic nitrogens is 2. The monoisotopic (exact) mass is 340 g/mol. The first kappa shape index (κ1) is 16.1. The fourth-order valence-electron chi connectivity index (χ4n) is 2.67. The lowest BCUT2D eigenvalue weighted by Crippen LogP contribution is -2.47. The summed E-state index contributed by atoms with van der Waals surface area (Å²) in [6.45, 7) is 2.87. The predicted molar refractivity (Wildman–Crippen MR) is 85.2 cm³/mol. The number of hydrogen-bond donors (Lipinski definition) is 0. The van der Waals surface area contributed by atoms with Crippen molar-refractivity contribution in [2.45, 2.75) is 19.6 Å². The van der Waals surface area contributed by atoms with Crippen LogP contribution in [0.3, 0.4) is 0 Å². The Balaban J connectivity index is 1.56. The van der Waals surface area contributed by atoms with Gasteiger partial charge in [-0.1, -0.05) is 0 Å². The second-order valence-corrected chi connectivity index (χ2v) is 6.23. The van der Waals surface area contributed by atoms with Gasteiger partial charge in [-0.25, -0.2) is 9.97 Å².